The molecular formula is C29H25FN8. The van der Waals surface area contributed by atoms with Crippen LogP contribution in [0.4, 0.5) is 10.1 Å². The molecule has 0 atom stereocenters. The Morgan fingerprint density at radius 1 is 0.974 bits per heavy atom. The maximum Gasteiger partial charge on any atom is 0.178 e. The van der Waals surface area contributed by atoms with Crippen LogP contribution >= 0.6 is 0 Å². The number of benzene rings is 1. The van der Waals surface area contributed by atoms with Crippen LogP contribution in [0.25, 0.3) is 56.1 Å². The van der Waals surface area contributed by atoms with E-state index in [1.54, 1.807) is 30.7 Å². The van der Waals surface area contributed by atoms with Gasteiger partial charge in [0.1, 0.15) is 11.3 Å². The summed E-state index contributed by atoms with van der Waals surface area (Å²) in [5, 5.41) is 10.9. The summed E-state index contributed by atoms with van der Waals surface area (Å²) in [6.45, 7) is 10.5. The molecule has 0 aliphatic rings. The molecule has 0 radical (unpaired) electrons. The fourth-order valence-electron chi connectivity index (χ4n) is 4.13. The van der Waals surface area contributed by atoms with Crippen molar-refractivity contribution in [3.63, 3.8) is 0 Å². The van der Waals surface area contributed by atoms with Crippen molar-refractivity contribution in [2.45, 2.75) is 20.8 Å². The number of anilines is 1. The summed E-state index contributed by atoms with van der Waals surface area (Å²) in [7, 11) is 0. The summed E-state index contributed by atoms with van der Waals surface area (Å²) in [6.07, 6.45) is 5.23. The zero-order valence-corrected chi connectivity index (χ0v) is 21.2. The van der Waals surface area contributed by atoms with Gasteiger partial charge in [0.15, 0.2) is 17.2 Å². The van der Waals surface area contributed by atoms with Crippen molar-refractivity contribution in [2.75, 3.05) is 5.32 Å². The number of nitrogens with zero attached hydrogens (tertiary/aromatic N) is 5. The van der Waals surface area contributed by atoms with Crippen LogP contribution in [0.1, 0.15) is 20.8 Å². The summed E-state index contributed by atoms with van der Waals surface area (Å²) in [4.78, 5) is 21.8. The Labute approximate surface area is 218 Å². The number of hydrogen-bond acceptors (Lipinski definition) is 6. The highest BCUT2D eigenvalue weighted by Gasteiger charge is 2.18. The van der Waals surface area contributed by atoms with Gasteiger partial charge in [-0.25, -0.2) is 19.3 Å². The van der Waals surface area contributed by atoms with E-state index in [0.717, 1.165) is 44.8 Å². The molecule has 1 aromatic carbocycles. The Morgan fingerprint density at radius 2 is 1.79 bits per heavy atom. The number of rotatable bonds is 5. The highest BCUT2D eigenvalue weighted by Crippen LogP contribution is 2.32. The van der Waals surface area contributed by atoms with Gasteiger partial charge in [-0.2, -0.15) is 5.10 Å². The lowest BCUT2D eigenvalue weighted by Gasteiger charge is -2.23. The van der Waals surface area contributed by atoms with Crippen molar-refractivity contribution >= 4 is 27.9 Å². The van der Waals surface area contributed by atoms with Gasteiger partial charge in [0.25, 0.3) is 0 Å². The first-order chi connectivity index (χ1) is 18.3. The quantitative estimate of drug-likeness (QED) is 0.240. The minimum Gasteiger partial charge on any atom is -0.358 e. The Bertz CT molecular complexity index is 1810. The Hall–Kier alpha value is -4.92. The lowest BCUT2D eigenvalue weighted by atomic mass is 9.93. The van der Waals surface area contributed by atoms with Crippen molar-refractivity contribution in [3.8, 4) is 33.9 Å². The van der Waals surface area contributed by atoms with Gasteiger partial charge in [-0.05, 0) is 42.0 Å². The van der Waals surface area contributed by atoms with Crippen molar-refractivity contribution in [1.29, 1.82) is 0 Å². The number of imidazole rings is 1. The largest absolute Gasteiger partial charge is 0.358 e. The maximum atomic E-state index is 13.5. The van der Waals surface area contributed by atoms with Crippen LogP contribution in [0.3, 0.4) is 0 Å². The number of nitrogens with one attached hydrogen (secondary N) is 3. The fraction of sp³-hybridized carbons (Fsp3) is 0.138. The smallest absolute Gasteiger partial charge is 0.178 e. The molecule has 0 saturated heterocycles. The van der Waals surface area contributed by atoms with Crippen LogP contribution < -0.4 is 5.32 Å². The van der Waals surface area contributed by atoms with Crippen LogP contribution in [0, 0.1) is 11.2 Å². The van der Waals surface area contributed by atoms with Gasteiger partial charge in [0.2, 0.25) is 0 Å². The molecule has 38 heavy (non-hydrogen) atoms. The van der Waals surface area contributed by atoms with E-state index in [1.165, 1.54) is 12.1 Å². The summed E-state index contributed by atoms with van der Waals surface area (Å²) in [6, 6.07) is 14.1. The third-order valence-corrected chi connectivity index (χ3v) is 6.41. The third-order valence-electron chi connectivity index (χ3n) is 6.41. The van der Waals surface area contributed by atoms with Crippen molar-refractivity contribution < 1.29 is 4.39 Å². The van der Waals surface area contributed by atoms with Gasteiger partial charge in [-0.3, -0.25) is 10.1 Å². The van der Waals surface area contributed by atoms with Crippen molar-refractivity contribution in [1.82, 2.24) is 35.1 Å². The van der Waals surface area contributed by atoms with Crippen LogP contribution in [0.2, 0.25) is 0 Å². The number of aromatic nitrogens is 7. The van der Waals surface area contributed by atoms with E-state index in [1.807, 2.05) is 24.3 Å². The lowest BCUT2D eigenvalue weighted by molar-refractivity contribution is 0.509. The molecule has 0 spiro atoms. The number of hydrogen-bond donors (Lipinski definition) is 3. The third kappa shape index (κ3) is 4.28. The summed E-state index contributed by atoms with van der Waals surface area (Å²) in [5.74, 6) is 0.248. The van der Waals surface area contributed by atoms with E-state index < -0.39 is 0 Å². The molecule has 0 bridgehead atoms. The van der Waals surface area contributed by atoms with E-state index in [2.05, 4.69) is 62.8 Å². The van der Waals surface area contributed by atoms with E-state index in [9.17, 15) is 4.39 Å². The van der Waals surface area contributed by atoms with Crippen LogP contribution in [0.15, 0.2) is 79.4 Å². The number of aromatic amines is 2. The highest BCUT2D eigenvalue weighted by atomic mass is 19.1. The monoisotopic (exact) mass is 504 g/mol. The minimum atomic E-state index is -0.287. The van der Waals surface area contributed by atoms with Crippen molar-refractivity contribution in [2.24, 2.45) is 5.41 Å². The molecule has 0 unspecified atom stereocenters. The second-order valence-corrected chi connectivity index (χ2v) is 10.1. The first-order valence-corrected chi connectivity index (χ1v) is 12.1. The predicted octanol–water partition coefficient (Wildman–Crippen LogP) is 6.74. The van der Waals surface area contributed by atoms with Crippen LogP contribution in [-0.4, -0.2) is 35.1 Å². The SMILES string of the molecule is C=C(Nc1cncc(-c2ccc3[nH]nc(-c4nc5nccc(-c6ccc(F)cc6)c5[nH]4)c3n2)c1)C(C)(C)C. The second-order valence-electron chi connectivity index (χ2n) is 10.1. The number of pyridine rings is 3. The number of halogens is 1. The molecule has 0 aliphatic carbocycles. The van der Waals surface area contributed by atoms with E-state index in [4.69, 9.17) is 4.98 Å². The Morgan fingerprint density at radius 3 is 2.58 bits per heavy atom. The summed E-state index contributed by atoms with van der Waals surface area (Å²) >= 11 is 0. The Balaban J connectivity index is 1.39. The predicted molar refractivity (Wildman–Crippen MR) is 148 cm³/mol. The number of fused-ring (bicyclic) bond motifs is 2. The van der Waals surface area contributed by atoms with E-state index in [0.29, 0.717) is 22.7 Å². The summed E-state index contributed by atoms with van der Waals surface area (Å²) < 4.78 is 13.5. The molecule has 0 fully saturated rings. The minimum absolute atomic E-state index is 0.0864. The van der Waals surface area contributed by atoms with Gasteiger partial charge in [0, 0.05) is 34.6 Å². The average Bonchev–Trinajstić information content (AvgIpc) is 3.52. The van der Waals surface area contributed by atoms with E-state index in [-0.39, 0.29) is 11.2 Å². The molecule has 9 heteroatoms. The van der Waals surface area contributed by atoms with Gasteiger partial charge >= 0.3 is 0 Å². The Kier molecular flexibility index (Phi) is 5.48. The average molecular weight is 505 g/mol. The molecule has 0 aliphatic heterocycles. The zero-order valence-electron chi connectivity index (χ0n) is 21.2. The molecule has 0 saturated carbocycles. The van der Waals surface area contributed by atoms with Gasteiger partial charge < -0.3 is 10.3 Å². The zero-order chi connectivity index (χ0) is 26.4. The normalized spacial score (nSPS) is 11.8. The van der Waals surface area contributed by atoms with Crippen LogP contribution in [-0.2, 0) is 0 Å². The molecule has 3 N–H and O–H groups in total. The number of H-pyrrole nitrogens is 2. The van der Waals surface area contributed by atoms with Gasteiger partial charge in [-0.1, -0.05) is 39.5 Å². The maximum absolute atomic E-state index is 13.5. The molecule has 5 aromatic heterocycles. The first-order valence-electron chi connectivity index (χ1n) is 12.1. The standard InChI is InChI=1S/C29H25FN8/c1-16(29(2,3)4)33-20-13-18(14-31-15-20)22-9-10-23-25(34-22)26(38-37-23)28-35-24-21(11-12-32-27(24)36-28)17-5-7-19(30)8-6-17/h5-15,33H,1H2,2-4H3,(H,37,38)(H,32,35,36). The first kappa shape index (κ1) is 23.5. The molecule has 0 amide bonds. The van der Waals surface area contributed by atoms with Crippen LogP contribution in [0.5, 0.6) is 0 Å². The molecule has 6 rings (SSSR count). The number of allylic oxidation sites excluding steroid dienone is 1. The molecule has 188 valence electrons. The lowest BCUT2D eigenvalue weighted by Crippen LogP contribution is -2.15. The highest BCUT2D eigenvalue weighted by molar-refractivity contribution is 5.95. The van der Waals surface area contributed by atoms with Gasteiger partial charge in [-0.15, -0.1) is 0 Å². The topological polar surface area (TPSA) is 108 Å². The summed E-state index contributed by atoms with van der Waals surface area (Å²) in [5.41, 5.74) is 8.29. The van der Waals surface area contributed by atoms with Gasteiger partial charge in [0.05, 0.1) is 28.6 Å². The molecule has 8 nitrogen and oxygen atoms in total. The van der Waals surface area contributed by atoms with E-state index >= 15 is 0 Å². The molecular weight excluding hydrogens is 479 g/mol. The molecule has 6 aromatic rings. The second kappa shape index (κ2) is 8.88. The fourth-order valence-corrected chi connectivity index (χ4v) is 4.13. The van der Waals surface area contributed by atoms with Crippen molar-refractivity contribution in [3.05, 3.63) is 85.2 Å². The molecule has 5 heterocycles.